The first kappa shape index (κ1) is 14.4. The van der Waals surface area contributed by atoms with Crippen molar-refractivity contribution in [2.75, 3.05) is 5.73 Å². The number of nitrogens with two attached hydrogens (primary N) is 1. The van der Waals surface area contributed by atoms with E-state index in [1.54, 1.807) is 6.07 Å². The van der Waals surface area contributed by atoms with Crippen LogP contribution in [0.3, 0.4) is 0 Å². The smallest absolute Gasteiger partial charge is 0.255 e. The van der Waals surface area contributed by atoms with Crippen LogP contribution in [0.4, 0.5) is 5.69 Å². The fraction of sp³-hybridized carbons (Fsp3) is 0.375. The number of ether oxygens (including phenoxy) is 1. The quantitative estimate of drug-likeness (QED) is 0.742. The lowest BCUT2D eigenvalue weighted by Crippen LogP contribution is -2.41. The zero-order chi connectivity index (χ0) is 15.9. The number of hydrogen-bond donors (Lipinski definition) is 3. The van der Waals surface area contributed by atoms with Crippen LogP contribution in [0.2, 0.25) is 0 Å². The SMILES string of the molecule is Cc1[nH]ncc1C(=O)NC1CC(C)(C)Oc2ccc(N)cc21. The number of aromatic nitrogens is 2. The number of H-pyrrole nitrogens is 1. The third-order valence-electron chi connectivity index (χ3n) is 3.87. The maximum Gasteiger partial charge on any atom is 0.255 e. The van der Waals surface area contributed by atoms with Crippen LogP contribution < -0.4 is 15.8 Å². The highest BCUT2D eigenvalue weighted by molar-refractivity contribution is 5.95. The molecule has 2 aromatic rings. The third-order valence-corrected chi connectivity index (χ3v) is 3.87. The molecule has 1 aliphatic rings. The van der Waals surface area contributed by atoms with E-state index in [-0.39, 0.29) is 17.6 Å². The second-order valence-electron chi connectivity index (χ2n) is 6.30. The second kappa shape index (κ2) is 5.05. The van der Waals surface area contributed by atoms with Crippen molar-refractivity contribution in [3.8, 4) is 5.75 Å². The zero-order valence-electron chi connectivity index (χ0n) is 12.9. The van der Waals surface area contributed by atoms with Crippen molar-refractivity contribution >= 4 is 11.6 Å². The summed E-state index contributed by atoms with van der Waals surface area (Å²) in [4.78, 5) is 12.5. The number of aryl methyl sites for hydroxylation is 1. The third kappa shape index (κ3) is 2.64. The van der Waals surface area contributed by atoms with E-state index >= 15 is 0 Å². The van der Waals surface area contributed by atoms with E-state index in [1.807, 2.05) is 32.9 Å². The number of amides is 1. The minimum atomic E-state index is -0.355. The number of fused-ring (bicyclic) bond motifs is 1. The van der Waals surface area contributed by atoms with Gasteiger partial charge in [-0.15, -0.1) is 0 Å². The number of nitrogens with zero attached hydrogens (tertiary/aromatic N) is 1. The van der Waals surface area contributed by atoms with Crippen LogP contribution in [-0.4, -0.2) is 21.7 Å². The van der Waals surface area contributed by atoms with Gasteiger partial charge in [0.2, 0.25) is 0 Å². The molecular weight excluding hydrogens is 280 g/mol. The Balaban J connectivity index is 1.92. The van der Waals surface area contributed by atoms with Crippen molar-refractivity contribution in [1.82, 2.24) is 15.5 Å². The predicted molar refractivity (Wildman–Crippen MR) is 83.7 cm³/mol. The first-order valence-electron chi connectivity index (χ1n) is 7.25. The highest BCUT2D eigenvalue weighted by atomic mass is 16.5. The number of aromatic amines is 1. The molecule has 0 saturated heterocycles. The second-order valence-corrected chi connectivity index (χ2v) is 6.30. The number of nitrogen functional groups attached to an aromatic ring is 1. The summed E-state index contributed by atoms with van der Waals surface area (Å²) in [5, 5.41) is 9.73. The summed E-state index contributed by atoms with van der Waals surface area (Å²) in [6.45, 7) is 5.84. The Labute approximate surface area is 129 Å². The molecular formula is C16H20N4O2. The number of nitrogens with one attached hydrogen (secondary N) is 2. The lowest BCUT2D eigenvalue weighted by molar-refractivity contribution is 0.0620. The first-order chi connectivity index (χ1) is 10.4. The van der Waals surface area contributed by atoms with Crippen LogP contribution in [0.1, 0.15) is 47.9 Å². The molecule has 0 spiro atoms. The maximum absolute atomic E-state index is 12.5. The number of benzene rings is 1. The van der Waals surface area contributed by atoms with E-state index in [4.69, 9.17) is 10.5 Å². The minimum Gasteiger partial charge on any atom is -0.487 e. The summed E-state index contributed by atoms with van der Waals surface area (Å²) in [6, 6.07) is 5.37. The van der Waals surface area contributed by atoms with Crippen molar-refractivity contribution in [2.24, 2.45) is 0 Å². The summed E-state index contributed by atoms with van der Waals surface area (Å²) < 4.78 is 5.98. The standard InChI is InChI=1S/C16H20N4O2/c1-9-12(8-18-20-9)15(21)19-13-7-16(2,3)22-14-5-4-10(17)6-11(13)14/h4-6,8,13H,7,17H2,1-3H3,(H,18,20)(H,19,21). The average molecular weight is 300 g/mol. The van der Waals surface area contributed by atoms with Crippen molar-refractivity contribution in [2.45, 2.75) is 38.8 Å². The molecule has 6 nitrogen and oxygen atoms in total. The van der Waals surface area contributed by atoms with Crippen molar-refractivity contribution in [1.29, 1.82) is 0 Å². The molecule has 1 aromatic carbocycles. The van der Waals surface area contributed by atoms with Crippen LogP contribution >= 0.6 is 0 Å². The Morgan fingerprint density at radius 1 is 1.50 bits per heavy atom. The molecule has 116 valence electrons. The van der Waals surface area contributed by atoms with Crippen molar-refractivity contribution in [3.63, 3.8) is 0 Å². The Bertz CT molecular complexity index is 721. The van der Waals surface area contributed by atoms with Gasteiger partial charge in [-0.1, -0.05) is 0 Å². The van der Waals surface area contributed by atoms with E-state index < -0.39 is 0 Å². The van der Waals surface area contributed by atoms with Gasteiger partial charge >= 0.3 is 0 Å². The lowest BCUT2D eigenvalue weighted by Gasteiger charge is -2.38. The number of carbonyl (C=O) groups is 1. The molecule has 1 aliphatic heterocycles. The molecule has 0 fully saturated rings. The van der Waals surface area contributed by atoms with Crippen molar-refractivity contribution in [3.05, 3.63) is 41.2 Å². The van der Waals surface area contributed by atoms with Crippen LogP contribution in [0, 0.1) is 6.92 Å². The molecule has 0 bridgehead atoms. The van der Waals surface area contributed by atoms with Gasteiger partial charge in [0.15, 0.2) is 0 Å². The van der Waals surface area contributed by atoms with Crippen LogP contribution in [0.5, 0.6) is 5.75 Å². The summed E-state index contributed by atoms with van der Waals surface area (Å²) in [6.07, 6.45) is 2.21. The molecule has 0 saturated carbocycles. The normalized spacial score (nSPS) is 19.1. The van der Waals surface area contributed by atoms with E-state index in [2.05, 4.69) is 15.5 Å². The molecule has 0 radical (unpaired) electrons. The highest BCUT2D eigenvalue weighted by Gasteiger charge is 2.35. The largest absolute Gasteiger partial charge is 0.487 e. The summed E-state index contributed by atoms with van der Waals surface area (Å²) in [7, 11) is 0. The fourth-order valence-corrected chi connectivity index (χ4v) is 2.82. The molecule has 4 N–H and O–H groups in total. The fourth-order valence-electron chi connectivity index (χ4n) is 2.82. The molecule has 22 heavy (non-hydrogen) atoms. The lowest BCUT2D eigenvalue weighted by atomic mass is 9.89. The van der Waals surface area contributed by atoms with Gasteiger partial charge in [0.25, 0.3) is 5.91 Å². The predicted octanol–water partition coefficient (Wildman–Crippen LogP) is 2.33. The molecule has 1 atom stereocenters. The van der Waals surface area contributed by atoms with E-state index in [0.29, 0.717) is 17.7 Å². The molecule has 3 rings (SSSR count). The van der Waals surface area contributed by atoms with E-state index in [1.165, 1.54) is 6.20 Å². The van der Waals surface area contributed by atoms with Crippen LogP contribution in [0.15, 0.2) is 24.4 Å². The first-order valence-corrected chi connectivity index (χ1v) is 7.25. The monoisotopic (exact) mass is 300 g/mol. The van der Waals surface area contributed by atoms with Gasteiger partial charge < -0.3 is 15.8 Å². The van der Waals surface area contributed by atoms with Gasteiger partial charge in [0, 0.05) is 23.4 Å². The van der Waals surface area contributed by atoms with Gasteiger partial charge in [-0.2, -0.15) is 5.10 Å². The average Bonchev–Trinajstić information content (AvgIpc) is 2.85. The summed E-state index contributed by atoms with van der Waals surface area (Å²) in [5.41, 5.74) is 8.39. The zero-order valence-corrected chi connectivity index (χ0v) is 12.9. The molecule has 1 amide bonds. The van der Waals surface area contributed by atoms with Crippen LogP contribution in [0.25, 0.3) is 0 Å². The highest BCUT2D eigenvalue weighted by Crippen LogP contribution is 2.40. The van der Waals surface area contributed by atoms with Gasteiger partial charge in [-0.25, -0.2) is 0 Å². The van der Waals surface area contributed by atoms with Crippen molar-refractivity contribution < 1.29 is 9.53 Å². The number of carbonyl (C=O) groups excluding carboxylic acids is 1. The Kier molecular flexibility index (Phi) is 3.31. The van der Waals surface area contributed by atoms with Crippen LogP contribution in [-0.2, 0) is 0 Å². The molecule has 1 aromatic heterocycles. The Hall–Kier alpha value is -2.50. The molecule has 2 heterocycles. The van der Waals surface area contributed by atoms with E-state index in [0.717, 1.165) is 17.0 Å². The van der Waals surface area contributed by atoms with Gasteiger partial charge in [-0.3, -0.25) is 9.89 Å². The molecule has 6 heteroatoms. The molecule has 1 unspecified atom stereocenters. The van der Waals surface area contributed by atoms with Gasteiger partial charge in [0.05, 0.1) is 17.8 Å². The minimum absolute atomic E-state index is 0.149. The Morgan fingerprint density at radius 3 is 2.95 bits per heavy atom. The maximum atomic E-state index is 12.5. The van der Waals surface area contributed by atoms with Gasteiger partial charge in [-0.05, 0) is 39.0 Å². The summed E-state index contributed by atoms with van der Waals surface area (Å²) in [5.74, 6) is 0.613. The topological polar surface area (TPSA) is 93.0 Å². The Morgan fingerprint density at radius 2 is 2.27 bits per heavy atom. The van der Waals surface area contributed by atoms with E-state index in [9.17, 15) is 4.79 Å². The molecule has 0 aliphatic carbocycles. The van der Waals surface area contributed by atoms with Gasteiger partial charge in [0.1, 0.15) is 11.4 Å². The number of hydrogen-bond acceptors (Lipinski definition) is 4. The number of rotatable bonds is 2. The summed E-state index contributed by atoms with van der Waals surface area (Å²) >= 11 is 0. The number of anilines is 1.